The van der Waals surface area contributed by atoms with Gasteiger partial charge in [-0.3, -0.25) is 4.79 Å². The fourth-order valence-electron chi connectivity index (χ4n) is 5.10. The SMILES string of the molecule is COc1cc(OC)c2c(c1)O[C@@]1(c3ccc(Br)cc3)[C@H](c3cccc(F)c3)CC(=O)[C@@]21O. The number of aliphatic hydroxyl groups is 1. The predicted octanol–water partition coefficient (Wildman–Crippen LogP) is 4.84. The van der Waals surface area contributed by atoms with Crippen molar-refractivity contribution in [2.45, 2.75) is 23.5 Å². The van der Waals surface area contributed by atoms with Crippen LogP contribution in [-0.4, -0.2) is 25.1 Å². The van der Waals surface area contributed by atoms with Gasteiger partial charge in [-0.2, -0.15) is 0 Å². The minimum absolute atomic E-state index is 0.0232. The second-order valence-electron chi connectivity index (χ2n) is 7.99. The zero-order valence-electron chi connectivity index (χ0n) is 17.4. The second-order valence-corrected chi connectivity index (χ2v) is 8.91. The summed E-state index contributed by atoms with van der Waals surface area (Å²) in [4.78, 5) is 13.6. The van der Waals surface area contributed by atoms with Crippen molar-refractivity contribution in [3.63, 3.8) is 0 Å². The average molecular weight is 499 g/mol. The van der Waals surface area contributed by atoms with Gasteiger partial charge in [0.05, 0.1) is 19.8 Å². The Labute approximate surface area is 192 Å². The Morgan fingerprint density at radius 3 is 2.50 bits per heavy atom. The van der Waals surface area contributed by atoms with Gasteiger partial charge in [-0.15, -0.1) is 0 Å². The molecule has 0 amide bonds. The standard InChI is InChI=1S/C25H20BrFO5/c1-30-18-11-20(31-2)23-21(12-18)32-25(15-6-8-16(26)9-7-15)19(13-22(28)24(23,25)29)14-4-3-5-17(27)10-14/h3-12,19,29H,13H2,1-2H3/t19-,24+,25-/m0/s1. The Morgan fingerprint density at radius 1 is 1.09 bits per heavy atom. The van der Waals surface area contributed by atoms with Crippen LogP contribution >= 0.6 is 15.9 Å². The van der Waals surface area contributed by atoms with Gasteiger partial charge < -0.3 is 19.3 Å². The highest BCUT2D eigenvalue weighted by atomic mass is 79.9. The first-order valence-electron chi connectivity index (χ1n) is 10.1. The molecule has 0 unspecified atom stereocenters. The molecule has 1 heterocycles. The van der Waals surface area contributed by atoms with Crippen LogP contribution in [0.2, 0.25) is 0 Å². The summed E-state index contributed by atoms with van der Waals surface area (Å²) in [5.74, 6) is -0.442. The van der Waals surface area contributed by atoms with E-state index in [2.05, 4.69) is 15.9 Å². The smallest absolute Gasteiger partial charge is 0.200 e. The highest BCUT2D eigenvalue weighted by molar-refractivity contribution is 9.10. The van der Waals surface area contributed by atoms with Gasteiger partial charge in [0.15, 0.2) is 17.0 Å². The molecule has 2 aliphatic rings. The van der Waals surface area contributed by atoms with Gasteiger partial charge in [0.25, 0.3) is 0 Å². The number of Topliss-reactive ketones (excluding diaryl/α,β-unsaturated/α-hetero) is 1. The molecule has 5 nitrogen and oxygen atoms in total. The Kier molecular flexibility index (Phi) is 4.80. The molecule has 1 fully saturated rings. The largest absolute Gasteiger partial charge is 0.496 e. The lowest BCUT2D eigenvalue weighted by atomic mass is 9.71. The average Bonchev–Trinajstić information content (AvgIpc) is 3.19. The summed E-state index contributed by atoms with van der Waals surface area (Å²) < 4.78 is 32.5. The zero-order valence-corrected chi connectivity index (χ0v) is 19.0. The highest BCUT2D eigenvalue weighted by Gasteiger charge is 2.74. The number of carbonyl (C=O) groups excluding carboxylic acids is 1. The maximum atomic E-state index is 14.2. The fourth-order valence-corrected chi connectivity index (χ4v) is 5.37. The summed E-state index contributed by atoms with van der Waals surface area (Å²) in [5, 5.41) is 12.2. The zero-order chi connectivity index (χ0) is 22.7. The first-order chi connectivity index (χ1) is 15.3. The van der Waals surface area contributed by atoms with E-state index in [0.717, 1.165) is 4.47 Å². The number of methoxy groups -OCH3 is 2. The van der Waals surface area contributed by atoms with Crippen LogP contribution in [0.25, 0.3) is 0 Å². The number of ether oxygens (including phenoxy) is 3. The van der Waals surface area contributed by atoms with Gasteiger partial charge in [-0.1, -0.05) is 40.2 Å². The van der Waals surface area contributed by atoms with Gasteiger partial charge in [-0.25, -0.2) is 4.39 Å². The number of halogens is 2. The molecule has 32 heavy (non-hydrogen) atoms. The van der Waals surface area contributed by atoms with Crippen molar-refractivity contribution in [1.29, 1.82) is 0 Å². The molecule has 5 rings (SSSR count). The molecule has 1 N–H and O–H groups in total. The Morgan fingerprint density at radius 2 is 1.84 bits per heavy atom. The normalized spacial score (nSPS) is 25.8. The quantitative estimate of drug-likeness (QED) is 0.557. The molecule has 0 aromatic heterocycles. The van der Waals surface area contributed by atoms with Crippen LogP contribution in [0, 0.1) is 5.82 Å². The Bertz CT molecular complexity index is 1230. The third-order valence-electron chi connectivity index (χ3n) is 6.47. The van der Waals surface area contributed by atoms with E-state index in [1.165, 1.54) is 26.4 Å². The van der Waals surface area contributed by atoms with E-state index in [-0.39, 0.29) is 17.7 Å². The summed E-state index contributed by atoms with van der Waals surface area (Å²) in [5.41, 5.74) is -2.13. The van der Waals surface area contributed by atoms with Crippen molar-refractivity contribution in [3.05, 3.63) is 87.6 Å². The number of carbonyl (C=O) groups is 1. The molecular formula is C25H20BrFO5. The summed E-state index contributed by atoms with van der Waals surface area (Å²) in [6.07, 6.45) is -0.0232. The van der Waals surface area contributed by atoms with Gasteiger partial charge in [0.2, 0.25) is 0 Å². The molecule has 0 bridgehead atoms. The van der Waals surface area contributed by atoms with Crippen LogP contribution in [0.15, 0.2) is 65.1 Å². The van der Waals surface area contributed by atoms with E-state index in [9.17, 15) is 14.3 Å². The van der Waals surface area contributed by atoms with Crippen LogP contribution < -0.4 is 14.2 Å². The first-order valence-corrected chi connectivity index (χ1v) is 10.9. The van der Waals surface area contributed by atoms with Gasteiger partial charge in [-0.05, 0) is 35.4 Å². The number of fused-ring (bicyclic) bond motifs is 3. The lowest BCUT2D eigenvalue weighted by Crippen LogP contribution is -2.50. The lowest BCUT2D eigenvalue weighted by Gasteiger charge is -2.39. The second kappa shape index (κ2) is 7.32. The monoisotopic (exact) mass is 498 g/mol. The molecule has 3 aromatic carbocycles. The molecule has 7 heteroatoms. The van der Waals surface area contributed by atoms with Gasteiger partial charge >= 0.3 is 0 Å². The topological polar surface area (TPSA) is 65.0 Å². The molecule has 0 saturated heterocycles. The molecule has 3 aromatic rings. The van der Waals surface area contributed by atoms with Crippen molar-refractivity contribution < 1.29 is 28.5 Å². The van der Waals surface area contributed by atoms with E-state index in [1.54, 1.807) is 36.4 Å². The van der Waals surface area contributed by atoms with Crippen LogP contribution in [0.1, 0.15) is 29.0 Å². The van der Waals surface area contributed by atoms with E-state index in [1.807, 2.05) is 12.1 Å². The predicted molar refractivity (Wildman–Crippen MR) is 119 cm³/mol. The van der Waals surface area contributed by atoms with E-state index >= 15 is 0 Å². The van der Waals surface area contributed by atoms with Crippen LogP contribution in [0.5, 0.6) is 17.2 Å². The number of hydrogen-bond donors (Lipinski definition) is 1. The summed E-state index contributed by atoms with van der Waals surface area (Å²) >= 11 is 3.43. The highest BCUT2D eigenvalue weighted by Crippen LogP contribution is 2.67. The minimum Gasteiger partial charge on any atom is -0.496 e. The van der Waals surface area contributed by atoms with E-state index in [0.29, 0.717) is 22.6 Å². The minimum atomic E-state index is -2.04. The summed E-state index contributed by atoms with van der Waals surface area (Å²) in [7, 11) is 2.97. The Hall–Kier alpha value is -2.90. The van der Waals surface area contributed by atoms with Crippen molar-refractivity contribution in [2.24, 2.45) is 0 Å². The molecule has 3 atom stereocenters. The molecular weight excluding hydrogens is 479 g/mol. The van der Waals surface area contributed by atoms with Crippen molar-refractivity contribution in [3.8, 4) is 17.2 Å². The first kappa shape index (κ1) is 21.0. The maximum Gasteiger partial charge on any atom is 0.200 e. The summed E-state index contributed by atoms with van der Waals surface area (Å²) in [6, 6.07) is 16.5. The van der Waals surface area contributed by atoms with E-state index < -0.39 is 28.7 Å². The molecule has 164 valence electrons. The number of ketones is 1. The van der Waals surface area contributed by atoms with Crippen molar-refractivity contribution in [1.82, 2.24) is 0 Å². The molecule has 1 aliphatic carbocycles. The maximum absolute atomic E-state index is 14.2. The molecule has 1 aliphatic heterocycles. The lowest BCUT2D eigenvalue weighted by molar-refractivity contribution is -0.151. The van der Waals surface area contributed by atoms with Gasteiger partial charge in [0.1, 0.15) is 23.1 Å². The number of benzene rings is 3. The van der Waals surface area contributed by atoms with Gasteiger partial charge in [0, 0.05) is 28.9 Å². The summed E-state index contributed by atoms with van der Waals surface area (Å²) in [6.45, 7) is 0. The van der Waals surface area contributed by atoms with Crippen LogP contribution in [0.3, 0.4) is 0 Å². The molecule has 0 radical (unpaired) electrons. The Balaban J connectivity index is 1.83. The van der Waals surface area contributed by atoms with Crippen LogP contribution in [-0.2, 0) is 16.0 Å². The molecule has 0 spiro atoms. The van der Waals surface area contributed by atoms with E-state index in [4.69, 9.17) is 14.2 Å². The third-order valence-corrected chi connectivity index (χ3v) is 7.00. The third kappa shape index (κ3) is 2.67. The van der Waals surface area contributed by atoms with Crippen molar-refractivity contribution >= 4 is 21.7 Å². The molecule has 1 saturated carbocycles. The van der Waals surface area contributed by atoms with Crippen molar-refractivity contribution in [2.75, 3.05) is 14.2 Å². The fraction of sp³-hybridized carbons (Fsp3) is 0.240. The van der Waals surface area contributed by atoms with Crippen LogP contribution in [0.4, 0.5) is 4.39 Å². The number of hydrogen-bond acceptors (Lipinski definition) is 5. The number of rotatable bonds is 4.